The number of hydrogen-bond donors (Lipinski definition) is 1. The van der Waals surface area contributed by atoms with Gasteiger partial charge in [-0.25, -0.2) is 4.39 Å². The van der Waals surface area contributed by atoms with E-state index in [2.05, 4.69) is 4.98 Å². The molecule has 0 spiro atoms. The number of pyridine rings is 1. The van der Waals surface area contributed by atoms with Crippen LogP contribution in [0.1, 0.15) is 28.1 Å². The molecule has 0 aliphatic carbocycles. The first-order valence-electron chi connectivity index (χ1n) is 11.4. The van der Waals surface area contributed by atoms with Crippen LogP contribution >= 0.6 is 22.9 Å². The number of hydrogen-bond acceptors (Lipinski definition) is 6. The molecule has 0 bridgehead atoms. The van der Waals surface area contributed by atoms with Crippen LogP contribution in [0.4, 0.5) is 4.39 Å². The Bertz CT molecular complexity index is 1510. The summed E-state index contributed by atoms with van der Waals surface area (Å²) in [7, 11) is 3.07. The number of thiophene rings is 1. The van der Waals surface area contributed by atoms with Crippen LogP contribution in [-0.4, -0.2) is 49.3 Å². The van der Waals surface area contributed by atoms with Gasteiger partial charge in [-0.3, -0.25) is 9.59 Å². The van der Waals surface area contributed by atoms with Gasteiger partial charge in [0.25, 0.3) is 11.5 Å². The average molecular weight is 531 g/mol. The van der Waals surface area contributed by atoms with Gasteiger partial charge < -0.3 is 24.1 Å². The monoisotopic (exact) mass is 530 g/mol. The zero-order valence-electron chi connectivity index (χ0n) is 19.7. The largest absolute Gasteiger partial charge is 0.493 e. The first kappa shape index (κ1) is 24.5. The number of carbonyl (C=O) groups excluding carboxylic acids is 1. The average Bonchev–Trinajstić information content (AvgIpc) is 3.50. The highest BCUT2D eigenvalue weighted by Gasteiger charge is 2.28. The van der Waals surface area contributed by atoms with Gasteiger partial charge in [-0.2, -0.15) is 0 Å². The van der Waals surface area contributed by atoms with E-state index in [0.29, 0.717) is 50.7 Å². The van der Waals surface area contributed by atoms with Gasteiger partial charge >= 0.3 is 0 Å². The highest BCUT2D eigenvalue weighted by Crippen LogP contribution is 2.37. The minimum Gasteiger partial charge on any atom is -0.493 e. The molecule has 1 fully saturated rings. The Balaban J connectivity index is 1.53. The van der Waals surface area contributed by atoms with Crippen LogP contribution in [0.3, 0.4) is 0 Å². The third-order valence-electron chi connectivity index (χ3n) is 6.31. The fraction of sp³-hybridized carbons (Fsp3) is 0.308. The number of aromatic amines is 1. The molecule has 0 unspecified atom stereocenters. The van der Waals surface area contributed by atoms with Crippen molar-refractivity contribution >= 4 is 49.8 Å². The topological polar surface area (TPSA) is 80.9 Å². The lowest BCUT2D eigenvalue weighted by Crippen LogP contribution is -2.38. The highest BCUT2D eigenvalue weighted by atomic mass is 35.5. The lowest BCUT2D eigenvalue weighted by Gasteiger charge is -2.25. The van der Waals surface area contributed by atoms with E-state index in [1.165, 1.54) is 19.2 Å². The number of ether oxygens (including phenoxy) is 3. The SMILES string of the molecule is COc1cc2cc(CN(C[C@H]3CCCO3)C(=O)c3sc4cc(F)ccc4c3Cl)c(=O)[nH]c2cc1OC. The Morgan fingerprint density at radius 3 is 2.72 bits per heavy atom. The Labute approximate surface area is 215 Å². The summed E-state index contributed by atoms with van der Waals surface area (Å²) in [5.74, 6) is 0.299. The second-order valence-corrected chi connectivity index (χ2v) is 10.1. The van der Waals surface area contributed by atoms with Gasteiger partial charge in [-0.05, 0) is 43.2 Å². The Morgan fingerprint density at radius 2 is 2.00 bits per heavy atom. The van der Waals surface area contributed by atoms with E-state index >= 15 is 0 Å². The Morgan fingerprint density at radius 1 is 1.22 bits per heavy atom. The van der Waals surface area contributed by atoms with Crippen molar-refractivity contribution in [3.05, 3.63) is 68.0 Å². The van der Waals surface area contributed by atoms with Gasteiger partial charge in [0.2, 0.25) is 0 Å². The van der Waals surface area contributed by atoms with E-state index in [4.69, 9.17) is 25.8 Å². The van der Waals surface area contributed by atoms with Crippen LogP contribution in [0.2, 0.25) is 5.02 Å². The molecule has 1 saturated heterocycles. The lowest BCUT2D eigenvalue weighted by molar-refractivity contribution is 0.0510. The van der Waals surface area contributed by atoms with E-state index < -0.39 is 5.82 Å². The second-order valence-electron chi connectivity index (χ2n) is 8.62. The van der Waals surface area contributed by atoms with Crippen molar-refractivity contribution in [2.45, 2.75) is 25.5 Å². The molecule has 1 amide bonds. The molecule has 5 rings (SSSR count). The fourth-order valence-electron chi connectivity index (χ4n) is 4.47. The van der Waals surface area contributed by atoms with Gasteiger partial charge in [-0.1, -0.05) is 11.6 Å². The van der Waals surface area contributed by atoms with Crippen molar-refractivity contribution < 1.29 is 23.4 Å². The number of amides is 1. The molecular formula is C26H24ClFN2O5S. The molecule has 4 aromatic rings. The third kappa shape index (κ3) is 4.66. The molecule has 1 aliphatic heterocycles. The summed E-state index contributed by atoms with van der Waals surface area (Å²) in [4.78, 5) is 31.5. The number of benzene rings is 2. The van der Waals surface area contributed by atoms with Crippen LogP contribution in [-0.2, 0) is 11.3 Å². The Kier molecular flexibility index (Phi) is 6.87. The summed E-state index contributed by atoms with van der Waals surface area (Å²) in [6, 6.07) is 9.47. The molecule has 1 aliphatic rings. The summed E-state index contributed by atoms with van der Waals surface area (Å²) >= 11 is 7.69. The van der Waals surface area contributed by atoms with Crippen LogP contribution in [0.15, 0.2) is 41.2 Å². The summed E-state index contributed by atoms with van der Waals surface area (Å²) in [6.07, 6.45) is 1.59. The summed E-state index contributed by atoms with van der Waals surface area (Å²) in [6.45, 7) is 0.992. The molecular weight excluding hydrogens is 507 g/mol. The minimum atomic E-state index is -0.398. The molecule has 2 aromatic heterocycles. The van der Waals surface area contributed by atoms with Crippen LogP contribution < -0.4 is 15.0 Å². The van der Waals surface area contributed by atoms with Gasteiger partial charge in [0.15, 0.2) is 11.5 Å². The quantitative estimate of drug-likeness (QED) is 0.347. The fourth-order valence-corrected chi connectivity index (χ4v) is 5.98. The summed E-state index contributed by atoms with van der Waals surface area (Å²) in [5.41, 5.74) is 0.682. The van der Waals surface area contributed by atoms with Crippen LogP contribution in [0, 0.1) is 5.82 Å². The number of H-pyrrole nitrogens is 1. The van der Waals surface area contributed by atoms with E-state index in [9.17, 15) is 14.0 Å². The summed E-state index contributed by atoms with van der Waals surface area (Å²) < 4.78 is 30.9. The standard InChI is InChI=1S/C26H24ClFN2O5S/c1-33-20-9-14-8-15(25(31)29-19(14)11-21(20)34-2)12-30(13-17-4-3-7-35-17)26(32)24-23(27)18-6-5-16(28)10-22(18)36-24/h5-6,8-11,17H,3-4,7,12-13H2,1-2H3,(H,29,31)/t17-/m1/s1. The number of fused-ring (bicyclic) bond motifs is 2. The van der Waals surface area contributed by atoms with Gasteiger partial charge in [-0.15, -0.1) is 11.3 Å². The van der Waals surface area contributed by atoms with Crippen molar-refractivity contribution in [2.75, 3.05) is 27.4 Å². The molecule has 36 heavy (non-hydrogen) atoms. The number of carbonyl (C=O) groups is 1. The molecule has 7 nitrogen and oxygen atoms in total. The molecule has 0 radical (unpaired) electrons. The van der Waals surface area contributed by atoms with E-state index in [0.717, 1.165) is 29.6 Å². The molecule has 10 heteroatoms. The predicted molar refractivity (Wildman–Crippen MR) is 138 cm³/mol. The first-order valence-corrected chi connectivity index (χ1v) is 12.6. The van der Waals surface area contributed by atoms with E-state index in [-0.39, 0.29) is 29.1 Å². The van der Waals surface area contributed by atoms with Crippen molar-refractivity contribution in [1.29, 1.82) is 0 Å². The third-order valence-corrected chi connectivity index (χ3v) is 7.95. The molecule has 0 saturated carbocycles. The normalized spacial score (nSPS) is 15.5. The number of aromatic nitrogens is 1. The number of rotatable bonds is 7. The zero-order chi connectivity index (χ0) is 25.4. The number of nitrogens with one attached hydrogen (secondary N) is 1. The van der Waals surface area contributed by atoms with Crippen LogP contribution in [0.25, 0.3) is 21.0 Å². The van der Waals surface area contributed by atoms with Gasteiger partial charge in [0, 0.05) is 40.3 Å². The van der Waals surface area contributed by atoms with Crippen molar-refractivity contribution in [3.63, 3.8) is 0 Å². The van der Waals surface area contributed by atoms with Crippen molar-refractivity contribution in [1.82, 2.24) is 9.88 Å². The molecule has 188 valence electrons. The van der Waals surface area contributed by atoms with Crippen molar-refractivity contribution in [2.24, 2.45) is 0 Å². The smallest absolute Gasteiger partial charge is 0.265 e. The predicted octanol–water partition coefficient (Wildman–Crippen LogP) is 5.37. The molecule has 2 aromatic carbocycles. The number of methoxy groups -OCH3 is 2. The minimum absolute atomic E-state index is 0.0528. The lowest BCUT2D eigenvalue weighted by atomic mass is 10.1. The maximum absolute atomic E-state index is 13.8. The number of halogens is 2. The highest BCUT2D eigenvalue weighted by molar-refractivity contribution is 7.21. The zero-order valence-corrected chi connectivity index (χ0v) is 21.3. The van der Waals surface area contributed by atoms with Crippen molar-refractivity contribution in [3.8, 4) is 11.5 Å². The second kappa shape index (κ2) is 10.1. The molecule has 1 N–H and O–H groups in total. The maximum Gasteiger partial charge on any atom is 0.265 e. The van der Waals surface area contributed by atoms with E-state index in [1.54, 1.807) is 36.3 Å². The molecule has 1 atom stereocenters. The number of nitrogens with zero attached hydrogens (tertiary/aromatic N) is 1. The first-order chi connectivity index (χ1) is 17.4. The van der Waals surface area contributed by atoms with Gasteiger partial charge in [0.05, 0.1) is 37.4 Å². The Hall–Kier alpha value is -3.14. The van der Waals surface area contributed by atoms with Gasteiger partial charge in [0.1, 0.15) is 10.7 Å². The maximum atomic E-state index is 13.8. The van der Waals surface area contributed by atoms with E-state index in [1.807, 2.05) is 0 Å². The van der Waals surface area contributed by atoms with Crippen LogP contribution in [0.5, 0.6) is 11.5 Å². The summed E-state index contributed by atoms with van der Waals surface area (Å²) in [5, 5.41) is 1.64. The molecule has 3 heterocycles.